The van der Waals surface area contributed by atoms with E-state index in [2.05, 4.69) is 29.2 Å². The average Bonchev–Trinajstić information content (AvgIpc) is 2.29. The van der Waals surface area contributed by atoms with Gasteiger partial charge in [-0.15, -0.1) is 0 Å². The molecule has 0 saturated carbocycles. The minimum atomic E-state index is 0.136. The SMILES string of the molecule is CC(N)c1ccc(N2CCCCCCC2)cc1. The van der Waals surface area contributed by atoms with Crippen molar-refractivity contribution < 1.29 is 0 Å². The first kappa shape index (κ1) is 12.4. The van der Waals surface area contributed by atoms with Crippen LogP contribution in [0.4, 0.5) is 5.69 Å². The van der Waals surface area contributed by atoms with Crippen molar-refractivity contribution in [2.45, 2.75) is 45.1 Å². The van der Waals surface area contributed by atoms with Crippen LogP contribution in [0.1, 0.15) is 50.6 Å². The average molecular weight is 232 g/mol. The lowest BCUT2D eigenvalue weighted by Gasteiger charge is -2.27. The Morgan fingerprint density at radius 2 is 1.47 bits per heavy atom. The van der Waals surface area contributed by atoms with Crippen LogP contribution in [0.25, 0.3) is 0 Å². The quantitative estimate of drug-likeness (QED) is 0.846. The van der Waals surface area contributed by atoms with Crippen LogP contribution in [0.5, 0.6) is 0 Å². The van der Waals surface area contributed by atoms with E-state index in [1.807, 2.05) is 6.92 Å². The van der Waals surface area contributed by atoms with Crippen LogP contribution in [-0.4, -0.2) is 13.1 Å². The van der Waals surface area contributed by atoms with Gasteiger partial charge in [0.1, 0.15) is 0 Å². The standard InChI is InChI=1S/C15H24N2/c1-13(16)14-7-9-15(10-8-14)17-11-5-3-2-4-6-12-17/h7-10,13H,2-6,11-12,16H2,1H3. The first-order valence-electron chi connectivity index (χ1n) is 6.88. The first-order chi connectivity index (χ1) is 8.27. The molecule has 0 aromatic heterocycles. The van der Waals surface area contributed by atoms with E-state index in [1.54, 1.807) is 0 Å². The highest BCUT2D eigenvalue weighted by Crippen LogP contribution is 2.21. The number of rotatable bonds is 2. The Balaban J connectivity index is 2.04. The molecule has 0 aliphatic carbocycles. The molecule has 1 saturated heterocycles. The van der Waals surface area contributed by atoms with Crippen molar-refractivity contribution in [1.29, 1.82) is 0 Å². The molecule has 1 aliphatic heterocycles. The fourth-order valence-electron chi connectivity index (χ4n) is 2.49. The van der Waals surface area contributed by atoms with Crippen LogP contribution in [0.3, 0.4) is 0 Å². The molecule has 1 aromatic rings. The highest BCUT2D eigenvalue weighted by atomic mass is 15.1. The van der Waals surface area contributed by atoms with E-state index in [9.17, 15) is 0 Å². The maximum absolute atomic E-state index is 5.87. The van der Waals surface area contributed by atoms with Crippen LogP contribution in [0.2, 0.25) is 0 Å². The van der Waals surface area contributed by atoms with Crippen molar-refractivity contribution in [3.8, 4) is 0 Å². The monoisotopic (exact) mass is 232 g/mol. The van der Waals surface area contributed by atoms with E-state index >= 15 is 0 Å². The van der Waals surface area contributed by atoms with E-state index < -0.39 is 0 Å². The molecule has 94 valence electrons. The third-order valence-corrected chi connectivity index (χ3v) is 3.64. The summed E-state index contributed by atoms with van der Waals surface area (Å²) in [7, 11) is 0. The number of nitrogens with zero attached hydrogens (tertiary/aromatic N) is 1. The second-order valence-electron chi connectivity index (χ2n) is 5.14. The van der Waals surface area contributed by atoms with Gasteiger partial charge in [0.25, 0.3) is 0 Å². The summed E-state index contributed by atoms with van der Waals surface area (Å²) in [6.07, 6.45) is 6.84. The molecule has 0 radical (unpaired) electrons. The molecule has 1 unspecified atom stereocenters. The minimum Gasteiger partial charge on any atom is -0.372 e. The van der Waals surface area contributed by atoms with Crippen molar-refractivity contribution in [3.05, 3.63) is 29.8 Å². The smallest absolute Gasteiger partial charge is 0.0366 e. The third-order valence-electron chi connectivity index (χ3n) is 3.64. The summed E-state index contributed by atoms with van der Waals surface area (Å²) in [4.78, 5) is 2.52. The third kappa shape index (κ3) is 3.47. The zero-order chi connectivity index (χ0) is 12.1. The fourth-order valence-corrected chi connectivity index (χ4v) is 2.49. The maximum Gasteiger partial charge on any atom is 0.0366 e. The Kier molecular flexibility index (Phi) is 4.43. The molecular weight excluding hydrogens is 208 g/mol. The van der Waals surface area contributed by atoms with Gasteiger partial charge in [-0.2, -0.15) is 0 Å². The van der Waals surface area contributed by atoms with Crippen molar-refractivity contribution in [3.63, 3.8) is 0 Å². The van der Waals surface area contributed by atoms with Crippen LogP contribution in [0, 0.1) is 0 Å². The maximum atomic E-state index is 5.87. The zero-order valence-corrected chi connectivity index (χ0v) is 10.9. The number of anilines is 1. The number of nitrogens with two attached hydrogens (primary N) is 1. The molecule has 17 heavy (non-hydrogen) atoms. The summed E-state index contributed by atoms with van der Waals surface area (Å²) < 4.78 is 0. The minimum absolute atomic E-state index is 0.136. The lowest BCUT2D eigenvalue weighted by Crippen LogP contribution is -2.26. The topological polar surface area (TPSA) is 29.3 Å². The van der Waals surface area contributed by atoms with Crippen LogP contribution < -0.4 is 10.6 Å². The normalized spacial score (nSPS) is 19.5. The van der Waals surface area contributed by atoms with E-state index in [4.69, 9.17) is 5.73 Å². The van der Waals surface area contributed by atoms with Gasteiger partial charge < -0.3 is 10.6 Å². The van der Waals surface area contributed by atoms with Gasteiger partial charge in [0, 0.05) is 24.8 Å². The molecule has 0 amide bonds. The van der Waals surface area contributed by atoms with E-state index in [0.29, 0.717) is 0 Å². The van der Waals surface area contributed by atoms with Gasteiger partial charge in [0.2, 0.25) is 0 Å². The van der Waals surface area contributed by atoms with E-state index in [-0.39, 0.29) is 6.04 Å². The largest absolute Gasteiger partial charge is 0.372 e. The van der Waals surface area contributed by atoms with Crippen molar-refractivity contribution in [2.75, 3.05) is 18.0 Å². The second kappa shape index (κ2) is 6.06. The first-order valence-corrected chi connectivity index (χ1v) is 6.88. The number of hydrogen-bond acceptors (Lipinski definition) is 2. The Morgan fingerprint density at radius 1 is 0.941 bits per heavy atom. The summed E-state index contributed by atoms with van der Waals surface area (Å²) >= 11 is 0. The van der Waals surface area contributed by atoms with Gasteiger partial charge in [-0.05, 0) is 37.5 Å². The van der Waals surface area contributed by atoms with Gasteiger partial charge in [-0.25, -0.2) is 0 Å². The van der Waals surface area contributed by atoms with Gasteiger partial charge in [0.05, 0.1) is 0 Å². The van der Waals surface area contributed by atoms with Crippen LogP contribution in [0.15, 0.2) is 24.3 Å². The molecule has 0 bridgehead atoms. The molecule has 1 aromatic carbocycles. The van der Waals surface area contributed by atoms with Gasteiger partial charge in [-0.3, -0.25) is 0 Å². The highest BCUT2D eigenvalue weighted by molar-refractivity contribution is 5.48. The lowest BCUT2D eigenvalue weighted by atomic mass is 10.1. The molecule has 1 atom stereocenters. The Hall–Kier alpha value is -1.02. The van der Waals surface area contributed by atoms with Crippen LogP contribution in [-0.2, 0) is 0 Å². The van der Waals surface area contributed by atoms with Gasteiger partial charge in [0.15, 0.2) is 0 Å². The van der Waals surface area contributed by atoms with E-state index in [1.165, 1.54) is 56.4 Å². The predicted octanol–water partition coefficient (Wildman–Crippen LogP) is 3.48. The Labute approximate surface area is 105 Å². The Morgan fingerprint density at radius 3 is 2.00 bits per heavy atom. The summed E-state index contributed by atoms with van der Waals surface area (Å²) in [5, 5.41) is 0. The molecule has 1 fully saturated rings. The van der Waals surface area contributed by atoms with Crippen molar-refractivity contribution in [1.82, 2.24) is 0 Å². The molecule has 2 rings (SSSR count). The molecule has 1 heterocycles. The van der Waals surface area contributed by atoms with Crippen LogP contribution >= 0.6 is 0 Å². The molecular formula is C15H24N2. The molecule has 0 spiro atoms. The summed E-state index contributed by atoms with van der Waals surface area (Å²) in [6, 6.07) is 8.91. The predicted molar refractivity (Wildman–Crippen MR) is 74.3 cm³/mol. The molecule has 1 aliphatic rings. The Bertz CT molecular complexity index is 321. The van der Waals surface area contributed by atoms with Gasteiger partial charge >= 0.3 is 0 Å². The summed E-state index contributed by atoms with van der Waals surface area (Å²) in [5.74, 6) is 0. The van der Waals surface area contributed by atoms with Gasteiger partial charge in [-0.1, -0.05) is 31.4 Å². The second-order valence-corrected chi connectivity index (χ2v) is 5.14. The van der Waals surface area contributed by atoms with E-state index in [0.717, 1.165) is 0 Å². The summed E-state index contributed by atoms with van der Waals surface area (Å²) in [5.41, 5.74) is 8.45. The molecule has 2 heteroatoms. The molecule has 2 N–H and O–H groups in total. The lowest BCUT2D eigenvalue weighted by molar-refractivity contribution is 0.556. The number of benzene rings is 1. The van der Waals surface area contributed by atoms with Crippen molar-refractivity contribution in [2.24, 2.45) is 5.73 Å². The highest BCUT2D eigenvalue weighted by Gasteiger charge is 2.09. The number of hydrogen-bond donors (Lipinski definition) is 1. The molecule has 2 nitrogen and oxygen atoms in total. The fraction of sp³-hybridized carbons (Fsp3) is 0.600. The summed E-state index contributed by atoms with van der Waals surface area (Å²) in [6.45, 7) is 4.44. The van der Waals surface area contributed by atoms with Crippen molar-refractivity contribution >= 4 is 5.69 Å². The zero-order valence-electron chi connectivity index (χ0n) is 10.9.